The summed E-state index contributed by atoms with van der Waals surface area (Å²) >= 11 is 6.55. The molecule has 4 aliphatic heterocycles. The number of alkyl halides is 4. The van der Waals surface area contributed by atoms with Crippen molar-refractivity contribution >= 4 is 34.1 Å². The predicted octanol–water partition coefficient (Wildman–Crippen LogP) is 6.44. The molecule has 1 unspecified atom stereocenters. The van der Waals surface area contributed by atoms with Gasteiger partial charge in [-0.3, -0.25) is 4.90 Å². The van der Waals surface area contributed by atoms with Crippen LogP contribution in [0.2, 0.25) is 5.02 Å². The summed E-state index contributed by atoms with van der Waals surface area (Å²) in [5, 5.41) is 2.87. The van der Waals surface area contributed by atoms with Gasteiger partial charge in [0.2, 0.25) is 0 Å². The van der Waals surface area contributed by atoms with Crippen LogP contribution in [0.5, 0.6) is 6.01 Å². The Morgan fingerprint density at radius 3 is 2.72 bits per heavy atom. The van der Waals surface area contributed by atoms with E-state index in [0.29, 0.717) is 32.4 Å². The third kappa shape index (κ3) is 5.63. The Labute approximate surface area is 270 Å². The molecule has 1 aromatic carbocycles. The van der Waals surface area contributed by atoms with Crippen molar-refractivity contribution in [2.75, 3.05) is 43.4 Å². The molecule has 0 aliphatic carbocycles. The number of nitrogens with zero attached hydrogens (tertiary/aromatic N) is 5. The van der Waals surface area contributed by atoms with Crippen LogP contribution in [0, 0.1) is 12.7 Å². The Morgan fingerprint density at radius 1 is 1.19 bits per heavy atom. The van der Waals surface area contributed by atoms with Crippen molar-refractivity contribution in [2.45, 2.75) is 68.5 Å². The number of anilines is 2. The van der Waals surface area contributed by atoms with E-state index in [0.717, 1.165) is 18.6 Å². The van der Waals surface area contributed by atoms with E-state index in [1.54, 1.807) is 4.90 Å². The van der Waals surface area contributed by atoms with Crippen LogP contribution >= 0.6 is 11.6 Å². The third-order valence-corrected chi connectivity index (χ3v) is 10.2. The summed E-state index contributed by atoms with van der Waals surface area (Å²) in [6.07, 6.45) is -4.20. The van der Waals surface area contributed by atoms with Crippen LogP contribution in [0.15, 0.2) is 24.3 Å². The van der Waals surface area contributed by atoms with E-state index in [-0.39, 0.29) is 60.8 Å². The number of hydrogen-bond donors (Lipinski definition) is 2. The highest BCUT2D eigenvalue weighted by Crippen LogP contribution is 2.46. The third-order valence-electron chi connectivity index (χ3n) is 9.86. The molecule has 8 nitrogen and oxygen atoms in total. The number of aryl methyl sites for hydroxylation is 1. The first kappa shape index (κ1) is 32.1. The fourth-order valence-electron chi connectivity index (χ4n) is 8.01. The number of rotatable bonds is 6. The first-order valence-electron chi connectivity index (χ1n) is 15.3. The molecule has 0 radical (unpaired) electrons. The molecule has 4 saturated heterocycles. The van der Waals surface area contributed by atoms with Crippen molar-refractivity contribution in [3.8, 4) is 17.3 Å². The molecule has 6 heterocycles. The van der Waals surface area contributed by atoms with E-state index in [2.05, 4.69) is 20.3 Å². The largest absolute Gasteiger partial charge is 0.461 e. The van der Waals surface area contributed by atoms with E-state index < -0.39 is 62.7 Å². The monoisotopic (exact) mass is 685 g/mol. The van der Waals surface area contributed by atoms with Crippen LogP contribution < -0.4 is 20.7 Å². The zero-order valence-electron chi connectivity index (χ0n) is 25.2. The zero-order chi connectivity index (χ0) is 33.5. The number of nitrogens with two attached hydrogens (primary N) is 1. The van der Waals surface area contributed by atoms with Gasteiger partial charge < -0.3 is 20.7 Å². The standard InChI is InChI=1S/C31H31ClF7N7O/c1-15-7-21(40)41-26(23(15)31(37,38)39)22-19(32)8-18-25(24(22)36)42-28(47-14-30-4-2-6-46(30)11-16(33)9-30)43-27(18)45-12-17-3-5-29(13-45,44-17)10-20(34)35/h7-8,10,16-17,44H,2-6,9,11-14H2,1H3,(H2,40,41)/t16-,17+,29+,30?/m1/s1. The molecule has 16 heteroatoms. The molecule has 0 saturated carbocycles. The fraction of sp³-hybridized carbons (Fsp3) is 0.516. The average Bonchev–Trinajstić information content (AvgIpc) is 3.58. The highest BCUT2D eigenvalue weighted by atomic mass is 35.5. The van der Waals surface area contributed by atoms with Crippen LogP contribution in [0.1, 0.15) is 43.2 Å². The normalized spacial score (nSPS) is 27.5. The number of nitrogens with one attached hydrogen (secondary N) is 1. The minimum absolute atomic E-state index is 0.00145. The predicted molar refractivity (Wildman–Crippen MR) is 162 cm³/mol. The molecule has 0 spiro atoms. The molecule has 4 atom stereocenters. The minimum atomic E-state index is -4.93. The molecule has 0 amide bonds. The summed E-state index contributed by atoms with van der Waals surface area (Å²) in [6, 6.07) is 1.79. The topological polar surface area (TPSA) is 92.4 Å². The fourth-order valence-corrected chi connectivity index (χ4v) is 8.29. The Balaban J connectivity index is 1.39. The Bertz CT molecular complexity index is 1790. The number of benzene rings is 1. The molecule has 4 fully saturated rings. The van der Waals surface area contributed by atoms with Crippen molar-refractivity contribution in [2.24, 2.45) is 0 Å². The molecular formula is C31H31ClF7N7O. The molecular weight excluding hydrogens is 655 g/mol. The van der Waals surface area contributed by atoms with Gasteiger partial charge in [0.25, 0.3) is 6.08 Å². The van der Waals surface area contributed by atoms with E-state index >= 15 is 4.39 Å². The maximum atomic E-state index is 16.7. The van der Waals surface area contributed by atoms with Gasteiger partial charge in [0, 0.05) is 43.6 Å². The second kappa shape index (κ2) is 11.3. The van der Waals surface area contributed by atoms with Gasteiger partial charge in [-0.05, 0) is 56.8 Å². The molecule has 252 valence electrons. The average molecular weight is 686 g/mol. The molecule has 2 aromatic heterocycles. The Hall–Kier alpha value is -3.43. The lowest BCUT2D eigenvalue weighted by molar-refractivity contribution is -0.137. The van der Waals surface area contributed by atoms with Crippen LogP contribution in [0.4, 0.5) is 42.4 Å². The van der Waals surface area contributed by atoms with Crippen LogP contribution in [-0.4, -0.2) is 75.9 Å². The van der Waals surface area contributed by atoms with Gasteiger partial charge in [0.15, 0.2) is 5.82 Å². The number of hydrogen-bond acceptors (Lipinski definition) is 8. The summed E-state index contributed by atoms with van der Waals surface area (Å²) < 4.78 is 107. The lowest BCUT2D eigenvalue weighted by atomic mass is 9.95. The quantitative estimate of drug-likeness (QED) is 0.287. The summed E-state index contributed by atoms with van der Waals surface area (Å²) in [7, 11) is 0. The highest BCUT2D eigenvalue weighted by Gasteiger charge is 2.50. The number of pyridine rings is 1. The maximum Gasteiger partial charge on any atom is 0.418 e. The van der Waals surface area contributed by atoms with Crippen molar-refractivity contribution in [3.05, 3.63) is 46.3 Å². The number of nitrogen functional groups attached to an aromatic ring is 1. The zero-order valence-corrected chi connectivity index (χ0v) is 26.0. The van der Waals surface area contributed by atoms with Gasteiger partial charge in [-0.1, -0.05) is 11.6 Å². The number of fused-ring (bicyclic) bond motifs is 4. The van der Waals surface area contributed by atoms with Gasteiger partial charge in [-0.15, -0.1) is 0 Å². The lowest BCUT2D eigenvalue weighted by Gasteiger charge is -2.40. The number of aromatic nitrogens is 3. The summed E-state index contributed by atoms with van der Waals surface area (Å²) in [5.41, 5.74) is 0.771. The minimum Gasteiger partial charge on any atom is -0.461 e. The van der Waals surface area contributed by atoms with Crippen LogP contribution in [0.25, 0.3) is 22.2 Å². The maximum absolute atomic E-state index is 16.7. The SMILES string of the molecule is Cc1cc(N)nc(-c2c(Cl)cc3c(N4C[C@@H]5CC[C@](C=C(F)F)(C4)N5)nc(OCC45CCCN4C[C@H](F)C5)nc3c2F)c1C(F)(F)F. The highest BCUT2D eigenvalue weighted by molar-refractivity contribution is 6.34. The van der Waals surface area contributed by atoms with Gasteiger partial charge in [-0.25, -0.2) is 13.8 Å². The second-order valence-corrected chi connectivity index (χ2v) is 13.5. The Kier molecular flexibility index (Phi) is 7.75. The molecule has 3 N–H and O–H groups in total. The summed E-state index contributed by atoms with van der Waals surface area (Å²) in [6.45, 7) is 2.48. The molecule has 47 heavy (non-hydrogen) atoms. The molecule has 7 rings (SSSR count). The van der Waals surface area contributed by atoms with Crippen molar-refractivity contribution in [1.82, 2.24) is 25.2 Å². The lowest BCUT2D eigenvalue weighted by Crippen LogP contribution is -2.59. The number of ether oxygens (including phenoxy) is 1. The van der Waals surface area contributed by atoms with E-state index in [4.69, 9.17) is 22.1 Å². The first-order chi connectivity index (χ1) is 22.2. The summed E-state index contributed by atoms with van der Waals surface area (Å²) in [4.78, 5) is 16.5. The Morgan fingerprint density at radius 2 is 1.98 bits per heavy atom. The number of piperazine rings is 1. The molecule has 4 aliphatic rings. The molecule has 3 aromatic rings. The second-order valence-electron chi connectivity index (χ2n) is 13.1. The summed E-state index contributed by atoms with van der Waals surface area (Å²) in [5.74, 6) is -1.37. The molecule has 2 bridgehead atoms. The van der Waals surface area contributed by atoms with Crippen molar-refractivity contribution < 1.29 is 35.5 Å². The van der Waals surface area contributed by atoms with Crippen LogP contribution in [0.3, 0.4) is 0 Å². The smallest absolute Gasteiger partial charge is 0.418 e. The van der Waals surface area contributed by atoms with Gasteiger partial charge in [0.1, 0.15) is 29.9 Å². The van der Waals surface area contributed by atoms with Crippen molar-refractivity contribution in [3.63, 3.8) is 0 Å². The van der Waals surface area contributed by atoms with Gasteiger partial charge in [-0.2, -0.15) is 31.9 Å². The van der Waals surface area contributed by atoms with Crippen LogP contribution in [-0.2, 0) is 6.18 Å². The van der Waals surface area contributed by atoms with E-state index in [1.807, 2.05) is 4.90 Å². The van der Waals surface area contributed by atoms with E-state index in [9.17, 15) is 26.3 Å². The van der Waals surface area contributed by atoms with Gasteiger partial charge >= 0.3 is 12.2 Å². The van der Waals surface area contributed by atoms with Crippen molar-refractivity contribution in [1.29, 1.82) is 0 Å². The van der Waals surface area contributed by atoms with Gasteiger partial charge in [0.05, 0.1) is 32.9 Å². The number of halogens is 8. The first-order valence-corrected chi connectivity index (χ1v) is 15.7. The van der Waals surface area contributed by atoms with E-state index in [1.165, 1.54) is 13.0 Å².